The molecule has 0 radical (unpaired) electrons. The van der Waals surface area contributed by atoms with Gasteiger partial charge in [0, 0.05) is 5.56 Å². The monoisotopic (exact) mass is 375 g/mol. The number of benzene rings is 3. The minimum atomic E-state index is -3.69. The fraction of sp³-hybridized carbons (Fsp3) is 0.130. The Morgan fingerprint density at radius 2 is 1.33 bits per heavy atom. The van der Waals surface area contributed by atoms with Gasteiger partial charge in [-0.05, 0) is 43.7 Å². The van der Waals surface area contributed by atoms with Gasteiger partial charge in [-0.3, -0.25) is 0 Å². The zero-order valence-electron chi connectivity index (χ0n) is 15.3. The van der Waals surface area contributed by atoms with Crippen LogP contribution in [0.2, 0.25) is 0 Å². The van der Waals surface area contributed by atoms with Crippen molar-refractivity contribution in [3.63, 3.8) is 0 Å². The topological polar surface area (TPSA) is 46.2 Å². The molecule has 0 amide bonds. The first-order chi connectivity index (χ1) is 12.9. The fourth-order valence-corrected chi connectivity index (χ4v) is 3.69. The number of hydrogen-bond donors (Lipinski definition) is 1. The summed E-state index contributed by atoms with van der Waals surface area (Å²) in [6.07, 6.45) is 0. The molecule has 3 nitrogen and oxygen atoms in total. The average Bonchev–Trinajstić information content (AvgIpc) is 2.67. The van der Waals surface area contributed by atoms with Gasteiger partial charge in [0.1, 0.15) is 6.04 Å². The largest absolute Gasteiger partial charge is 0.241 e. The molecular weight excluding hydrogens is 354 g/mol. The predicted molar refractivity (Wildman–Crippen MR) is 109 cm³/mol. The highest BCUT2D eigenvalue weighted by Crippen LogP contribution is 2.18. The van der Waals surface area contributed by atoms with Crippen LogP contribution in [0.1, 0.15) is 28.3 Å². The molecule has 0 aliphatic rings. The fourth-order valence-electron chi connectivity index (χ4n) is 2.56. The second-order valence-electron chi connectivity index (χ2n) is 6.41. The van der Waals surface area contributed by atoms with E-state index in [4.69, 9.17) is 0 Å². The van der Waals surface area contributed by atoms with Gasteiger partial charge < -0.3 is 0 Å². The Kier molecular flexibility index (Phi) is 5.75. The number of sulfonamides is 1. The lowest BCUT2D eigenvalue weighted by Gasteiger charge is -2.14. The van der Waals surface area contributed by atoms with Gasteiger partial charge in [-0.25, -0.2) is 8.42 Å². The van der Waals surface area contributed by atoms with E-state index in [-0.39, 0.29) is 4.90 Å². The SMILES string of the molecule is Cc1ccc(C(C#Cc2ccccc2)NS(=O)(=O)c2ccc(C)cc2)cc1. The van der Waals surface area contributed by atoms with Crippen LogP contribution < -0.4 is 4.72 Å². The average molecular weight is 375 g/mol. The van der Waals surface area contributed by atoms with Crippen molar-refractivity contribution in [3.8, 4) is 11.8 Å². The van der Waals surface area contributed by atoms with Crippen LogP contribution in [0.25, 0.3) is 0 Å². The summed E-state index contributed by atoms with van der Waals surface area (Å²) in [6, 6.07) is 23.4. The third kappa shape index (κ3) is 5.07. The summed E-state index contributed by atoms with van der Waals surface area (Å²) in [4.78, 5) is 0.228. The molecule has 4 heteroatoms. The Morgan fingerprint density at radius 1 is 0.778 bits per heavy atom. The van der Waals surface area contributed by atoms with Gasteiger partial charge in [-0.1, -0.05) is 77.6 Å². The first kappa shape index (κ1) is 18.9. The Hall–Kier alpha value is -2.87. The Morgan fingerprint density at radius 3 is 1.93 bits per heavy atom. The summed E-state index contributed by atoms with van der Waals surface area (Å²) in [7, 11) is -3.69. The van der Waals surface area contributed by atoms with E-state index in [1.54, 1.807) is 24.3 Å². The van der Waals surface area contributed by atoms with E-state index in [2.05, 4.69) is 16.6 Å². The van der Waals surface area contributed by atoms with Crippen molar-refractivity contribution in [2.75, 3.05) is 0 Å². The summed E-state index contributed by atoms with van der Waals surface area (Å²) < 4.78 is 28.4. The van der Waals surface area contributed by atoms with E-state index in [0.717, 1.165) is 22.3 Å². The molecular formula is C23H21NO2S. The quantitative estimate of drug-likeness (QED) is 0.688. The molecule has 0 spiro atoms. The van der Waals surface area contributed by atoms with Crippen molar-refractivity contribution >= 4 is 10.0 Å². The van der Waals surface area contributed by atoms with Gasteiger partial charge in [-0.15, -0.1) is 0 Å². The molecule has 136 valence electrons. The molecule has 1 atom stereocenters. The van der Waals surface area contributed by atoms with Crippen molar-refractivity contribution in [1.29, 1.82) is 0 Å². The van der Waals surface area contributed by atoms with Crippen LogP contribution in [0.3, 0.4) is 0 Å². The summed E-state index contributed by atoms with van der Waals surface area (Å²) in [5.41, 5.74) is 3.76. The maximum atomic E-state index is 12.8. The summed E-state index contributed by atoms with van der Waals surface area (Å²) in [6.45, 7) is 3.91. The van der Waals surface area contributed by atoms with E-state index in [0.29, 0.717) is 0 Å². The van der Waals surface area contributed by atoms with Crippen LogP contribution in [0.4, 0.5) is 0 Å². The van der Waals surface area contributed by atoms with Crippen molar-refractivity contribution in [1.82, 2.24) is 4.72 Å². The van der Waals surface area contributed by atoms with Crippen LogP contribution in [0, 0.1) is 25.7 Å². The summed E-state index contributed by atoms with van der Waals surface area (Å²) in [5.74, 6) is 6.13. The Labute approximate surface area is 161 Å². The van der Waals surface area contributed by atoms with Crippen molar-refractivity contribution in [3.05, 3.63) is 101 Å². The summed E-state index contributed by atoms with van der Waals surface area (Å²) in [5, 5.41) is 0. The van der Waals surface area contributed by atoms with Gasteiger partial charge in [0.05, 0.1) is 4.90 Å². The van der Waals surface area contributed by atoms with Gasteiger partial charge >= 0.3 is 0 Å². The van der Waals surface area contributed by atoms with Crippen LogP contribution >= 0.6 is 0 Å². The smallest absolute Gasteiger partial charge is 0.207 e. The number of rotatable bonds is 4. The third-order valence-corrected chi connectivity index (χ3v) is 5.59. The predicted octanol–water partition coefficient (Wildman–Crippen LogP) is 4.37. The highest BCUT2D eigenvalue weighted by atomic mass is 32.2. The van der Waals surface area contributed by atoms with E-state index in [1.165, 1.54) is 0 Å². The van der Waals surface area contributed by atoms with Gasteiger partial charge in [-0.2, -0.15) is 4.72 Å². The standard InChI is InChI=1S/C23H21NO2S/c1-18-8-13-21(14-9-18)23(17-12-20-6-4-3-5-7-20)24-27(25,26)22-15-10-19(2)11-16-22/h3-11,13-16,23-24H,1-2H3. The number of hydrogen-bond acceptors (Lipinski definition) is 2. The van der Waals surface area contributed by atoms with Crippen LogP contribution in [0.5, 0.6) is 0 Å². The molecule has 0 heterocycles. The lowest BCUT2D eigenvalue weighted by molar-refractivity contribution is 0.576. The molecule has 0 saturated heterocycles. The second-order valence-corrected chi connectivity index (χ2v) is 8.13. The third-order valence-electron chi connectivity index (χ3n) is 4.15. The molecule has 0 aliphatic heterocycles. The minimum absolute atomic E-state index is 0.228. The van der Waals surface area contributed by atoms with E-state index in [1.807, 2.05) is 68.4 Å². The maximum Gasteiger partial charge on any atom is 0.241 e. The lowest BCUT2D eigenvalue weighted by Crippen LogP contribution is -2.28. The van der Waals surface area contributed by atoms with Crippen molar-refractivity contribution in [2.24, 2.45) is 0 Å². The molecule has 0 aliphatic carbocycles. The van der Waals surface area contributed by atoms with E-state index in [9.17, 15) is 8.42 Å². The first-order valence-corrected chi connectivity index (χ1v) is 10.1. The van der Waals surface area contributed by atoms with E-state index < -0.39 is 16.1 Å². The van der Waals surface area contributed by atoms with Crippen molar-refractivity contribution < 1.29 is 8.42 Å². The molecule has 1 unspecified atom stereocenters. The van der Waals surface area contributed by atoms with Gasteiger partial charge in [0.25, 0.3) is 0 Å². The lowest BCUT2D eigenvalue weighted by atomic mass is 10.1. The van der Waals surface area contributed by atoms with Gasteiger partial charge in [0.15, 0.2) is 0 Å². The van der Waals surface area contributed by atoms with Crippen molar-refractivity contribution in [2.45, 2.75) is 24.8 Å². The maximum absolute atomic E-state index is 12.8. The van der Waals surface area contributed by atoms with Crippen LogP contribution in [-0.2, 0) is 10.0 Å². The Balaban J connectivity index is 1.95. The molecule has 3 rings (SSSR count). The molecule has 0 bridgehead atoms. The molecule has 0 saturated carbocycles. The zero-order valence-corrected chi connectivity index (χ0v) is 16.1. The number of nitrogens with one attached hydrogen (secondary N) is 1. The van der Waals surface area contributed by atoms with Gasteiger partial charge in [0.2, 0.25) is 10.0 Å². The molecule has 1 N–H and O–H groups in total. The highest BCUT2D eigenvalue weighted by Gasteiger charge is 2.20. The second kappa shape index (κ2) is 8.22. The number of aryl methyl sites for hydroxylation is 2. The summed E-state index contributed by atoms with van der Waals surface area (Å²) >= 11 is 0. The van der Waals surface area contributed by atoms with Crippen LogP contribution in [0.15, 0.2) is 83.8 Å². The molecule has 0 aromatic heterocycles. The highest BCUT2D eigenvalue weighted by molar-refractivity contribution is 7.89. The van der Waals surface area contributed by atoms with Crippen LogP contribution in [-0.4, -0.2) is 8.42 Å². The molecule has 0 fully saturated rings. The van der Waals surface area contributed by atoms with E-state index >= 15 is 0 Å². The molecule has 3 aromatic carbocycles. The minimum Gasteiger partial charge on any atom is -0.207 e. The molecule has 27 heavy (non-hydrogen) atoms. The Bertz CT molecular complexity index is 1060. The molecule has 3 aromatic rings. The normalized spacial score (nSPS) is 12.1. The first-order valence-electron chi connectivity index (χ1n) is 8.66. The zero-order chi connectivity index (χ0) is 19.3.